The van der Waals surface area contributed by atoms with E-state index in [1.54, 1.807) is 11.8 Å². The van der Waals surface area contributed by atoms with Crippen LogP contribution in [0.25, 0.3) is 10.9 Å². The number of aryl methyl sites for hydroxylation is 1. The maximum absolute atomic E-state index is 15.2. The number of fused-ring (bicyclic) bond motifs is 3. The first-order chi connectivity index (χ1) is 14.1. The summed E-state index contributed by atoms with van der Waals surface area (Å²) in [6.07, 6.45) is 4.82. The van der Waals surface area contributed by atoms with Gasteiger partial charge in [0.05, 0.1) is 19.3 Å². The van der Waals surface area contributed by atoms with Crippen LogP contribution >= 0.6 is 0 Å². The summed E-state index contributed by atoms with van der Waals surface area (Å²) in [6, 6.07) is 13.3. The summed E-state index contributed by atoms with van der Waals surface area (Å²) < 4.78 is 22.2. The average Bonchev–Trinajstić information content (AvgIpc) is 3.31. The molecule has 0 unspecified atom stereocenters. The number of methoxy groups -OCH3 is 1. The van der Waals surface area contributed by atoms with Crippen LogP contribution in [0.15, 0.2) is 54.9 Å². The maximum atomic E-state index is 15.2. The molecule has 0 aliphatic carbocycles. The van der Waals surface area contributed by atoms with E-state index < -0.39 is 0 Å². The number of hydrogen-bond donors (Lipinski definition) is 1. The van der Waals surface area contributed by atoms with Crippen molar-refractivity contribution >= 4 is 10.9 Å². The average molecular weight is 390 g/mol. The van der Waals surface area contributed by atoms with Crippen LogP contribution < -0.4 is 4.74 Å². The van der Waals surface area contributed by atoms with Gasteiger partial charge in [0, 0.05) is 60.1 Å². The third kappa shape index (κ3) is 3.09. The summed E-state index contributed by atoms with van der Waals surface area (Å²) in [5, 5.41) is 5.52. The second-order valence-electron chi connectivity index (χ2n) is 7.60. The van der Waals surface area contributed by atoms with Crippen molar-refractivity contribution in [3.63, 3.8) is 0 Å². The van der Waals surface area contributed by atoms with Crippen molar-refractivity contribution < 1.29 is 9.13 Å². The second kappa shape index (κ2) is 7.04. The van der Waals surface area contributed by atoms with Crippen molar-refractivity contribution in [1.29, 1.82) is 0 Å². The summed E-state index contributed by atoms with van der Waals surface area (Å²) in [4.78, 5) is 5.90. The lowest BCUT2D eigenvalue weighted by Crippen LogP contribution is -2.36. The normalized spacial score (nSPS) is 16.9. The lowest BCUT2D eigenvalue weighted by atomic mass is 9.91. The van der Waals surface area contributed by atoms with Gasteiger partial charge in [-0.25, -0.2) is 4.39 Å². The highest BCUT2D eigenvalue weighted by Gasteiger charge is 2.33. The Kier molecular flexibility index (Phi) is 4.36. The van der Waals surface area contributed by atoms with Crippen molar-refractivity contribution in [3.8, 4) is 5.75 Å². The van der Waals surface area contributed by atoms with Crippen LogP contribution in [-0.2, 0) is 20.0 Å². The van der Waals surface area contributed by atoms with Gasteiger partial charge in [0.15, 0.2) is 0 Å². The van der Waals surface area contributed by atoms with Gasteiger partial charge in [0.1, 0.15) is 11.6 Å². The van der Waals surface area contributed by atoms with Crippen LogP contribution in [0.2, 0.25) is 0 Å². The number of halogens is 1. The smallest absolute Gasteiger partial charge is 0.132 e. The molecule has 1 aliphatic heterocycles. The SMILES string of the molecule is COc1ccc([C@@H]2c3[nH]c4ccccc4c3CCN2Cc2cnn(C)c2)c(F)c1. The van der Waals surface area contributed by atoms with E-state index in [9.17, 15) is 0 Å². The Morgan fingerprint density at radius 3 is 2.86 bits per heavy atom. The Morgan fingerprint density at radius 1 is 1.24 bits per heavy atom. The predicted molar refractivity (Wildman–Crippen MR) is 110 cm³/mol. The minimum Gasteiger partial charge on any atom is -0.497 e. The molecular formula is C23H23FN4O. The molecule has 1 aliphatic rings. The van der Waals surface area contributed by atoms with E-state index in [0.29, 0.717) is 17.9 Å². The molecule has 29 heavy (non-hydrogen) atoms. The third-order valence-electron chi connectivity index (χ3n) is 5.78. The topological polar surface area (TPSA) is 46.1 Å². The Bertz CT molecular complexity index is 1180. The van der Waals surface area contributed by atoms with Crippen LogP contribution in [0, 0.1) is 5.82 Å². The number of H-pyrrole nitrogens is 1. The highest BCUT2D eigenvalue weighted by Crippen LogP contribution is 2.40. The highest BCUT2D eigenvalue weighted by atomic mass is 19.1. The number of nitrogens with zero attached hydrogens (tertiary/aromatic N) is 3. The predicted octanol–water partition coefficient (Wildman–Crippen LogP) is 4.20. The van der Waals surface area contributed by atoms with Gasteiger partial charge in [-0.3, -0.25) is 9.58 Å². The molecule has 0 saturated heterocycles. The molecule has 2 aromatic heterocycles. The van der Waals surface area contributed by atoms with Crippen molar-refractivity contribution in [3.05, 3.63) is 83.1 Å². The number of ether oxygens (including phenoxy) is 1. The molecule has 3 heterocycles. The second-order valence-corrected chi connectivity index (χ2v) is 7.60. The van der Waals surface area contributed by atoms with Crippen molar-refractivity contribution in [2.75, 3.05) is 13.7 Å². The fraction of sp³-hybridized carbons (Fsp3) is 0.261. The summed E-state index contributed by atoms with van der Waals surface area (Å²) >= 11 is 0. The number of aromatic amines is 1. The van der Waals surface area contributed by atoms with Crippen LogP contribution in [0.1, 0.15) is 28.4 Å². The van der Waals surface area contributed by atoms with Crippen LogP contribution in [0.5, 0.6) is 5.75 Å². The van der Waals surface area contributed by atoms with Gasteiger partial charge in [-0.15, -0.1) is 0 Å². The molecule has 5 rings (SSSR count). The van der Waals surface area contributed by atoms with E-state index >= 15 is 4.39 Å². The highest BCUT2D eigenvalue weighted by molar-refractivity contribution is 5.85. The summed E-state index contributed by atoms with van der Waals surface area (Å²) in [5.74, 6) is 0.273. The van der Waals surface area contributed by atoms with E-state index in [4.69, 9.17) is 4.74 Å². The molecular weight excluding hydrogens is 367 g/mol. The Balaban J connectivity index is 1.64. The first-order valence-corrected chi connectivity index (χ1v) is 9.78. The molecule has 0 saturated carbocycles. The molecule has 6 heteroatoms. The van der Waals surface area contributed by atoms with Gasteiger partial charge in [-0.1, -0.05) is 24.3 Å². The third-order valence-corrected chi connectivity index (χ3v) is 5.78. The molecule has 0 amide bonds. The van der Waals surface area contributed by atoms with Crippen LogP contribution in [-0.4, -0.2) is 33.3 Å². The molecule has 1 atom stereocenters. The first kappa shape index (κ1) is 17.9. The fourth-order valence-corrected chi connectivity index (χ4v) is 4.46. The van der Waals surface area contributed by atoms with E-state index in [1.165, 1.54) is 17.0 Å². The first-order valence-electron chi connectivity index (χ1n) is 9.78. The Morgan fingerprint density at radius 2 is 2.10 bits per heavy atom. The number of rotatable bonds is 4. The fourth-order valence-electron chi connectivity index (χ4n) is 4.46. The van der Waals surface area contributed by atoms with E-state index in [0.717, 1.165) is 29.7 Å². The lowest BCUT2D eigenvalue weighted by molar-refractivity contribution is 0.198. The molecule has 0 spiro atoms. The van der Waals surface area contributed by atoms with Gasteiger partial charge >= 0.3 is 0 Å². The van der Waals surface area contributed by atoms with Crippen LogP contribution in [0.4, 0.5) is 4.39 Å². The summed E-state index contributed by atoms with van der Waals surface area (Å²) in [7, 11) is 3.47. The molecule has 0 radical (unpaired) electrons. The van der Waals surface area contributed by atoms with Crippen molar-refractivity contribution in [2.24, 2.45) is 7.05 Å². The van der Waals surface area contributed by atoms with Crippen LogP contribution in [0.3, 0.4) is 0 Å². The molecule has 5 nitrogen and oxygen atoms in total. The molecule has 1 N–H and O–H groups in total. The largest absolute Gasteiger partial charge is 0.497 e. The van der Waals surface area contributed by atoms with Gasteiger partial charge < -0.3 is 9.72 Å². The van der Waals surface area contributed by atoms with Gasteiger partial charge in [0.25, 0.3) is 0 Å². The molecule has 4 aromatic rings. The molecule has 0 bridgehead atoms. The molecule has 148 valence electrons. The number of benzene rings is 2. The summed E-state index contributed by atoms with van der Waals surface area (Å²) in [5.41, 5.74) is 5.22. The number of nitrogens with one attached hydrogen (secondary N) is 1. The monoisotopic (exact) mass is 390 g/mol. The van der Waals surface area contributed by atoms with E-state index in [2.05, 4.69) is 33.2 Å². The zero-order valence-corrected chi connectivity index (χ0v) is 16.5. The number of hydrogen-bond acceptors (Lipinski definition) is 3. The van der Waals surface area contributed by atoms with Gasteiger partial charge in [0.2, 0.25) is 0 Å². The summed E-state index contributed by atoms with van der Waals surface area (Å²) in [6.45, 7) is 1.55. The Labute approximate surface area is 168 Å². The van der Waals surface area contributed by atoms with E-state index in [1.807, 2.05) is 37.6 Å². The standard InChI is InChI=1S/C23H23FN4O/c1-27-13-15(12-25-27)14-28-10-9-18-17-5-3-4-6-21(17)26-22(18)23(28)19-8-7-16(29-2)11-20(19)24/h3-8,11-13,23,26H,9-10,14H2,1-2H3/t23-/m1/s1. The molecule has 0 fully saturated rings. The maximum Gasteiger partial charge on any atom is 0.132 e. The minimum absolute atomic E-state index is 0.197. The molecule has 2 aromatic carbocycles. The van der Waals surface area contributed by atoms with E-state index in [-0.39, 0.29) is 11.9 Å². The lowest BCUT2D eigenvalue weighted by Gasteiger charge is -2.36. The minimum atomic E-state index is -0.253. The zero-order valence-electron chi connectivity index (χ0n) is 16.5. The van der Waals surface area contributed by atoms with Gasteiger partial charge in [-0.05, 0) is 24.1 Å². The Hall–Kier alpha value is -3.12. The van der Waals surface area contributed by atoms with Crippen molar-refractivity contribution in [1.82, 2.24) is 19.7 Å². The number of para-hydroxylation sites is 1. The van der Waals surface area contributed by atoms with Crippen molar-refractivity contribution in [2.45, 2.75) is 19.0 Å². The number of aromatic nitrogens is 3. The van der Waals surface area contributed by atoms with Gasteiger partial charge in [-0.2, -0.15) is 5.10 Å². The zero-order chi connectivity index (χ0) is 20.0. The quantitative estimate of drug-likeness (QED) is 0.568.